The Hall–Kier alpha value is -2.88. The van der Waals surface area contributed by atoms with Gasteiger partial charge in [0.15, 0.2) is 5.17 Å². The third-order valence-electron chi connectivity index (χ3n) is 2.90. The van der Waals surface area contributed by atoms with Crippen LogP contribution in [0.2, 0.25) is 0 Å². The normalized spacial score (nSPS) is 18.8. The summed E-state index contributed by atoms with van der Waals surface area (Å²) in [6.45, 7) is 0. The lowest BCUT2D eigenvalue weighted by Crippen LogP contribution is -2.26. The predicted octanol–water partition coefficient (Wildman–Crippen LogP) is 0.790. The number of nitrogens with zero attached hydrogens (tertiary/aromatic N) is 2. The van der Waals surface area contributed by atoms with Crippen LogP contribution in [0.25, 0.3) is 0 Å². The van der Waals surface area contributed by atoms with Gasteiger partial charge in [0, 0.05) is 0 Å². The number of ether oxygens (including phenoxy) is 1. The van der Waals surface area contributed by atoms with Gasteiger partial charge in [0.1, 0.15) is 11.0 Å². The van der Waals surface area contributed by atoms with Crippen LogP contribution in [0.3, 0.4) is 0 Å². The van der Waals surface area contributed by atoms with Crippen molar-refractivity contribution in [2.24, 2.45) is 10.2 Å². The summed E-state index contributed by atoms with van der Waals surface area (Å²) in [5.41, 5.74) is 0.487. The average molecular weight is 351 g/mol. The first-order valence-corrected chi connectivity index (χ1v) is 7.49. The van der Waals surface area contributed by atoms with E-state index in [4.69, 9.17) is 14.9 Å². The molecule has 1 unspecified atom stereocenters. The summed E-state index contributed by atoms with van der Waals surface area (Å²) in [5.74, 6) is -2.27. The summed E-state index contributed by atoms with van der Waals surface area (Å²) in [5, 5.41) is 27.2. The molecule has 1 aliphatic heterocycles. The van der Waals surface area contributed by atoms with E-state index >= 15 is 0 Å². The molecule has 0 aromatic heterocycles. The largest absolute Gasteiger partial charge is 0.497 e. The molecule has 1 aromatic rings. The molecule has 1 aliphatic rings. The van der Waals surface area contributed by atoms with Gasteiger partial charge in [-0.1, -0.05) is 11.8 Å². The van der Waals surface area contributed by atoms with Crippen molar-refractivity contribution in [3.8, 4) is 5.75 Å². The molecule has 3 N–H and O–H groups in total. The summed E-state index contributed by atoms with van der Waals surface area (Å²) in [7, 11) is 1.41. The summed E-state index contributed by atoms with van der Waals surface area (Å²) >= 11 is 0.974. The zero-order valence-corrected chi connectivity index (χ0v) is 13.2. The molecule has 10 heteroatoms. The number of carbonyl (C=O) groups is 3. The number of amides is 1. The Kier molecular flexibility index (Phi) is 5.53. The Bertz CT molecular complexity index is 746. The summed E-state index contributed by atoms with van der Waals surface area (Å²) in [4.78, 5) is 33.2. The highest BCUT2D eigenvalue weighted by molar-refractivity contribution is 8.15. The molecule has 1 amide bonds. The highest BCUT2D eigenvalue weighted by Crippen LogP contribution is 2.22. The number of carbonyl (C=O) groups excluding carboxylic acids is 1. The van der Waals surface area contributed by atoms with Gasteiger partial charge < -0.3 is 20.3 Å². The molecular weight excluding hydrogens is 338 g/mol. The molecule has 1 atom stereocenters. The fourth-order valence-electron chi connectivity index (χ4n) is 1.83. The van der Waals surface area contributed by atoms with E-state index in [1.165, 1.54) is 25.5 Å². The van der Waals surface area contributed by atoms with Crippen LogP contribution in [0.15, 0.2) is 28.4 Å². The summed E-state index contributed by atoms with van der Waals surface area (Å²) in [6, 6.07) is 4.33. The van der Waals surface area contributed by atoms with E-state index in [1.54, 1.807) is 6.07 Å². The van der Waals surface area contributed by atoms with E-state index in [1.807, 2.05) is 0 Å². The second-order valence-corrected chi connectivity index (χ2v) is 5.83. The second-order valence-electron chi connectivity index (χ2n) is 4.64. The van der Waals surface area contributed by atoms with Gasteiger partial charge in [-0.3, -0.25) is 9.59 Å². The van der Waals surface area contributed by atoms with Gasteiger partial charge >= 0.3 is 11.9 Å². The first kappa shape index (κ1) is 17.5. The Morgan fingerprint density at radius 3 is 2.75 bits per heavy atom. The minimum Gasteiger partial charge on any atom is -0.497 e. The van der Waals surface area contributed by atoms with Gasteiger partial charge in [0.05, 0.1) is 25.3 Å². The van der Waals surface area contributed by atoms with E-state index in [9.17, 15) is 14.4 Å². The Morgan fingerprint density at radius 1 is 1.38 bits per heavy atom. The SMILES string of the molecule is COc1cc(C=NN=C2NC(=O)C(CC(=O)O)S2)cc(C(=O)O)c1. The first-order valence-electron chi connectivity index (χ1n) is 6.61. The summed E-state index contributed by atoms with van der Waals surface area (Å²) in [6.07, 6.45) is 0.996. The lowest BCUT2D eigenvalue weighted by atomic mass is 10.1. The number of hydrogen-bond donors (Lipinski definition) is 3. The van der Waals surface area contributed by atoms with Crippen LogP contribution in [0, 0.1) is 0 Å². The topological polar surface area (TPSA) is 138 Å². The average Bonchev–Trinajstić information content (AvgIpc) is 2.86. The van der Waals surface area contributed by atoms with Gasteiger partial charge in [0.25, 0.3) is 0 Å². The number of nitrogens with one attached hydrogen (secondary N) is 1. The number of rotatable bonds is 6. The van der Waals surface area contributed by atoms with Crippen molar-refractivity contribution in [1.29, 1.82) is 0 Å². The third-order valence-corrected chi connectivity index (χ3v) is 3.98. The molecule has 1 aromatic carbocycles. The van der Waals surface area contributed by atoms with E-state index < -0.39 is 23.1 Å². The molecule has 9 nitrogen and oxygen atoms in total. The number of hydrogen-bond acceptors (Lipinski definition) is 7. The minimum atomic E-state index is -1.11. The molecule has 1 heterocycles. The number of carboxylic acid groups (broad SMARTS) is 2. The molecule has 0 spiro atoms. The second kappa shape index (κ2) is 7.59. The smallest absolute Gasteiger partial charge is 0.335 e. The monoisotopic (exact) mass is 351 g/mol. The number of carboxylic acids is 2. The molecule has 0 bridgehead atoms. The maximum atomic E-state index is 11.5. The van der Waals surface area contributed by atoms with Crippen LogP contribution in [0.1, 0.15) is 22.3 Å². The van der Waals surface area contributed by atoms with Crippen LogP contribution in [-0.2, 0) is 9.59 Å². The standard InChI is InChI=1S/C14H13N3O6S/c1-23-9-3-7(2-8(4-9)13(21)22)6-15-17-14-16-12(20)10(24-14)5-11(18)19/h2-4,6,10H,5H2,1H3,(H,18,19)(H,21,22)(H,16,17,20). The maximum absolute atomic E-state index is 11.5. The molecule has 24 heavy (non-hydrogen) atoms. The van der Waals surface area contributed by atoms with Crippen molar-refractivity contribution < 1.29 is 29.3 Å². The Labute approximate surface area is 140 Å². The van der Waals surface area contributed by atoms with E-state index in [0.29, 0.717) is 11.3 Å². The number of amidine groups is 1. The molecule has 0 aliphatic carbocycles. The van der Waals surface area contributed by atoms with Crippen molar-refractivity contribution in [3.05, 3.63) is 29.3 Å². The van der Waals surface area contributed by atoms with Crippen molar-refractivity contribution in [2.75, 3.05) is 7.11 Å². The molecule has 126 valence electrons. The highest BCUT2D eigenvalue weighted by Gasteiger charge is 2.32. The highest BCUT2D eigenvalue weighted by atomic mass is 32.2. The van der Waals surface area contributed by atoms with Crippen molar-refractivity contribution in [1.82, 2.24) is 5.32 Å². The van der Waals surface area contributed by atoms with Gasteiger partial charge in [-0.2, -0.15) is 5.10 Å². The molecular formula is C14H13N3O6S. The van der Waals surface area contributed by atoms with Crippen LogP contribution in [0.5, 0.6) is 5.75 Å². The van der Waals surface area contributed by atoms with Crippen LogP contribution >= 0.6 is 11.8 Å². The zero-order valence-electron chi connectivity index (χ0n) is 12.4. The molecule has 1 saturated heterocycles. The van der Waals surface area contributed by atoms with Crippen molar-refractivity contribution in [2.45, 2.75) is 11.7 Å². The van der Waals surface area contributed by atoms with Gasteiger partial charge in [-0.15, -0.1) is 5.10 Å². The number of aromatic carboxylic acids is 1. The maximum Gasteiger partial charge on any atom is 0.335 e. The zero-order chi connectivity index (χ0) is 17.7. The summed E-state index contributed by atoms with van der Waals surface area (Å²) < 4.78 is 5.01. The molecule has 0 radical (unpaired) electrons. The Balaban J connectivity index is 2.11. The van der Waals surface area contributed by atoms with Crippen LogP contribution < -0.4 is 10.1 Å². The third kappa shape index (κ3) is 4.56. The predicted molar refractivity (Wildman–Crippen MR) is 86.8 cm³/mol. The molecule has 2 rings (SSSR count). The number of aliphatic carboxylic acids is 1. The van der Waals surface area contributed by atoms with Gasteiger partial charge in [-0.25, -0.2) is 4.79 Å². The molecule has 1 fully saturated rings. The van der Waals surface area contributed by atoms with Crippen LogP contribution in [-0.4, -0.2) is 51.8 Å². The molecule has 0 saturated carbocycles. The van der Waals surface area contributed by atoms with Crippen LogP contribution in [0.4, 0.5) is 0 Å². The fraction of sp³-hybridized carbons (Fsp3) is 0.214. The first-order chi connectivity index (χ1) is 11.4. The van der Waals surface area contributed by atoms with Crippen molar-refractivity contribution in [3.63, 3.8) is 0 Å². The van der Waals surface area contributed by atoms with Crippen molar-refractivity contribution >= 4 is 41.0 Å². The van der Waals surface area contributed by atoms with Gasteiger partial charge in [0.2, 0.25) is 5.91 Å². The van der Waals surface area contributed by atoms with E-state index in [0.717, 1.165) is 11.8 Å². The fourth-order valence-corrected chi connectivity index (χ4v) is 2.75. The lowest BCUT2D eigenvalue weighted by Gasteiger charge is -2.03. The number of benzene rings is 1. The quantitative estimate of drug-likeness (QED) is 0.509. The Morgan fingerprint density at radius 2 is 2.12 bits per heavy atom. The number of thioether (sulfide) groups is 1. The van der Waals surface area contributed by atoms with E-state index in [-0.39, 0.29) is 17.2 Å². The van der Waals surface area contributed by atoms with E-state index in [2.05, 4.69) is 15.5 Å². The minimum absolute atomic E-state index is 0.0357. The van der Waals surface area contributed by atoms with Gasteiger partial charge in [-0.05, 0) is 23.8 Å². The lowest BCUT2D eigenvalue weighted by molar-refractivity contribution is -0.138. The number of methoxy groups -OCH3 is 1.